The van der Waals surface area contributed by atoms with Crippen LogP contribution in [0.15, 0.2) is 53.4 Å². The number of benzene rings is 2. The summed E-state index contributed by atoms with van der Waals surface area (Å²) in [7, 11) is -1.95. The lowest BCUT2D eigenvalue weighted by molar-refractivity contribution is -0.123. The Bertz CT molecular complexity index is 894. The lowest BCUT2D eigenvalue weighted by Crippen LogP contribution is -2.31. The van der Waals surface area contributed by atoms with Gasteiger partial charge in [-0.3, -0.25) is 4.79 Å². The van der Waals surface area contributed by atoms with Gasteiger partial charge in [0.25, 0.3) is 5.91 Å². The minimum absolute atomic E-state index is 0.156. The van der Waals surface area contributed by atoms with Crippen LogP contribution < -0.4 is 19.5 Å². The topological polar surface area (TPSA) is 93.7 Å². The van der Waals surface area contributed by atoms with Crippen molar-refractivity contribution >= 4 is 15.9 Å². The van der Waals surface area contributed by atoms with Crippen LogP contribution in [-0.2, 0) is 14.8 Å². The van der Waals surface area contributed by atoms with E-state index in [1.165, 1.54) is 24.3 Å². The Morgan fingerprint density at radius 1 is 0.966 bits per heavy atom. The molecule has 0 fully saturated rings. The molecule has 0 bridgehead atoms. The van der Waals surface area contributed by atoms with E-state index in [2.05, 4.69) is 10.0 Å². The molecule has 0 heterocycles. The van der Waals surface area contributed by atoms with Crippen LogP contribution in [0.1, 0.15) is 32.4 Å². The summed E-state index contributed by atoms with van der Waals surface area (Å²) < 4.78 is 37.5. The van der Waals surface area contributed by atoms with Crippen LogP contribution in [0.5, 0.6) is 11.5 Å². The maximum atomic E-state index is 12.2. The molecule has 1 atom stereocenters. The molecule has 0 aliphatic carbocycles. The number of sulfonamides is 1. The van der Waals surface area contributed by atoms with Gasteiger partial charge in [-0.2, -0.15) is 0 Å². The Labute approximate surface area is 172 Å². The van der Waals surface area contributed by atoms with Crippen molar-refractivity contribution in [1.29, 1.82) is 0 Å². The zero-order valence-electron chi connectivity index (χ0n) is 17.1. The summed E-state index contributed by atoms with van der Waals surface area (Å²) in [5, 5.41) is 2.86. The van der Waals surface area contributed by atoms with Gasteiger partial charge in [0.05, 0.1) is 18.0 Å². The molecule has 0 saturated heterocycles. The Balaban J connectivity index is 1.86. The monoisotopic (exact) mass is 420 g/mol. The first-order valence-corrected chi connectivity index (χ1v) is 10.9. The number of amides is 1. The molecule has 0 unspecified atom stereocenters. The van der Waals surface area contributed by atoms with Gasteiger partial charge in [0, 0.05) is 6.54 Å². The van der Waals surface area contributed by atoms with E-state index in [-0.39, 0.29) is 29.4 Å². The van der Waals surface area contributed by atoms with E-state index in [0.29, 0.717) is 12.3 Å². The molecule has 0 aromatic heterocycles. The van der Waals surface area contributed by atoms with Gasteiger partial charge in [0.1, 0.15) is 11.5 Å². The molecule has 0 aliphatic rings. The molecular weight excluding hydrogens is 392 g/mol. The highest BCUT2D eigenvalue weighted by Gasteiger charge is 2.15. The van der Waals surface area contributed by atoms with E-state index in [1.807, 2.05) is 45.0 Å². The van der Waals surface area contributed by atoms with Crippen molar-refractivity contribution < 1.29 is 22.7 Å². The molecule has 2 N–H and O–H groups in total. The van der Waals surface area contributed by atoms with Crippen LogP contribution in [0.2, 0.25) is 0 Å². The van der Waals surface area contributed by atoms with Gasteiger partial charge < -0.3 is 14.8 Å². The van der Waals surface area contributed by atoms with E-state index in [4.69, 9.17) is 9.47 Å². The van der Waals surface area contributed by atoms with Gasteiger partial charge in [-0.1, -0.05) is 26.0 Å². The predicted octanol–water partition coefficient (Wildman–Crippen LogP) is 2.89. The second-order valence-electron chi connectivity index (χ2n) is 7.07. The number of nitrogens with one attached hydrogen (secondary N) is 2. The van der Waals surface area contributed by atoms with Crippen LogP contribution in [0.25, 0.3) is 0 Å². The predicted molar refractivity (Wildman–Crippen MR) is 112 cm³/mol. The summed E-state index contributed by atoms with van der Waals surface area (Å²) in [5.41, 5.74) is 0.947. The first-order valence-electron chi connectivity index (χ1n) is 9.37. The van der Waals surface area contributed by atoms with Gasteiger partial charge in [-0.05, 0) is 54.8 Å². The largest absolute Gasteiger partial charge is 0.497 e. The van der Waals surface area contributed by atoms with Gasteiger partial charge in [0.15, 0.2) is 6.61 Å². The molecule has 29 heavy (non-hydrogen) atoms. The van der Waals surface area contributed by atoms with E-state index >= 15 is 0 Å². The zero-order chi connectivity index (χ0) is 21.4. The van der Waals surface area contributed by atoms with Crippen molar-refractivity contribution in [2.75, 3.05) is 20.3 Å². The van der Waals surface area contributed by atoms with Crippen molar-refractivity contribution in [1.82, 2.24) is 10.0 Å². The number of hydrogen-bond acceptors (Lipinski definition) is 5. The third-order valence-electron chi connectivity index (χ3n) is 4.18. The van der Waals surface area contributed by atoms with Crippen molar-refractivity contribution in [3.05, 3.63) is 54.1 Å². The normalized spacial score (nSPS) is 12.4. The molecule has 2 aromatic carbocycles. The maximum Gasteiger partial charge on any atom is 0.258 e. The summed E-state index contributed by atoms with van der Waals surface area (Å²) in [6, 6.07) is 13.2. The fourth-order valence-electron chi connectivity index (χ4n) is 2.48. The van der Waals surface area contributed by atoms with Crippen molar-refractivity contribution in [3.8, 4) is 11.5 Å². The molecule has 0 radical (unpaired) electrons. The molecule has 158 valence electrons. The van der Waals surface area contributed by atoms with Crippen molar-refractivity contribution in [2.24, 2.45) is 5.92 Å². The third kappa shape index (κ3) is 7.07. The van der Waals surface area contributed by atoms with E-state index in [0.717, 1.165) is 11.3 Å². The van der Waals surface area contributed by atoms with Crippen LogP contribution in [0, 0.1) is 5.92 Å². The second kappa shape index (κ2) is 10.3. The lowest BCUT2D eigenvalue weighted by Gasteiger charge is -2.15. The fourth-order valence-corrected chi connectivity index (χ4v) is 3.70. The standard InChI is InChI=1S/C21H28N2O5S/c1-15(2)13-22-29(25,26)20-11-9-19(10-12-20)28-14-21(24)23-16(3)17-5-7-18(27-4)8-6-17/h5-12,15-16,22H,13-14H2,1-4H3,(H,23,24)/t16-/m0/s1. The Hall–Kier alpha value is -2.58. The Morgan fingerprint density at radius 3 is 2.10 bits per heavy atom. The van der Waals surface area contributed by atoms with E-state index < -0.39 is 10.0 Å². The molecule has 1 amide bonds. The van der Waals surface area contributed by atoms with E-state index in [1.54, 1.807) is 7.11 Å². The van der Waals surface area contributed by atoms with Gasteiger partial charge in [0.2, 0.25) is 10.0 Å². The molecule has 7 nitrogen and oxygen atoms in total. The first-order chi connectivity index (χ1) is 13.7. The number of hydrogen-bond donors (Lipinski definition) is 2. The lowest BCUT2D eigenvalue weighted by atomic mass is 10.1. The third-order valence-corrected chi connectivity index (χ3v) is 5.62. The maximum absolute atomic E-state index is 12.2. The average molecular weight is 421 g/mol. The first kappa shape index (κ1) is 22.7. The second-order valence-corrected chi connectivity index (χ2v) is 8.84. The fraction of sp³-hybridized carbons (Fsp3) is 0.381. The van der Waals surface area contributed by atoms with E-state index in [9.17, 15) is 13.2 Å². The van der Waals surface area contributed by atoms with Crippen LogP contribution in [0.4, 0.5) is 0 Å². The summed E-state index contributed by atoms with van der Waals surface area (Å²) in [6.07, 6.45) is 0. The molecule has 8 heteroatoms. The summed E-state index contributed by atoms with van der Waals surface area (Å²) in [6.45, 7) is 5.94. The van der Waals surface area contributed by atoms with Gasteiger partial charge in [-0.15, -0.1) is 0 Å². The highest BCUT2D eigenvalue weighted by molar-refractivity contribution is 7.89. The van der Waals surface area contributed by atoms with Crippen LogP contribution in [0.3, 0.4) is 0 Å². The molecule has 0 spiro atoms. The van der Waals surface area contributed by atoms with Gasteiger partial charge >= 0.3 is 0 Å². The average Bonchev–Trinajstić information content (AvgIpc) is 2.71. The highest BCUT2D eigenvalue weighted by atomic mass is 32.2. The zero-order valence-corrected chi connectivity index (χ0v) is 18.0. The number of ether oxygens (including phenoxy) is 2. The van der Waals surface area contributed by atoms with Crippen LogP contribution >= 0.6 is 0 Å². The number of methoxy groups -OCH3 is 1. The molecule has 0 aliphatic heterocycles. The Kier molecular flexibility index (Phi) is 8.04. The minimum atomic E-state index is -3.55. The number of rotatable bonds is 10. The summed E-state index contributed by atoms with van der Waals surface area (Å²) in [5.74, 6) is 1.11. The molecule has 0 saturated carbocycles. The number of carbonyl (C=O) groups excluding carboxylic acids is 1. The van der Waals surface area contributed by atoms with Crippen molar-refractivity contribution in [2.45, 2.75) is 31.7 Å². The van der Waals surface area contributed by atoms with Gasteiger partial charge in [-0.25, -0.2) is 13.1 Å². The molecular formula is C21H28N2O5S. The number of carbonyl (C=O) groups is 1. The minimum Gasteiger partial charge on any atom is -0.497 e. The smallest absolute Gasteiger partial charge is 0.258 e. The molecule has 2 rings (SSSR count). The quantitative estimate of drug-likeness (QED) is 0.616. The SMILES string of the molecule is COc1ccc([C@H](C)NC(=O)COc2ccc(S(=O)(=O)NCC(C)C)cc2)cc1. The highest BCUT2D eigenvalue weighted by Crippen LogP contribution is 2.18. The summed E-state index contributed by atoms with van der Waals surface area (Å²) >= 11 is 0. The summed E-state index contributed by atoms with van der Waals surface area (Å²) in [4.78, 5) is 12.3. The van der Waals surface area contributed by atoms with Crippen LogP contribution in [-0.4, -0.2) is 34.6 Å². The molecule has 2 aromatic rings. The van der Waals surface area contributed by atoms with Crippen molar-refractivity contribution in [3.63, 3.8) is 0 Å². The Morgan fingerprint density at radius 2 is 1.55 bits per heavy atom.